The first-order chi connectivity index (χ1) is 15.5. The van der Waals surface area contributed by atoms with Crippen LogP contribution in [0.25, 0.3) is 17.0 Å². The molecule has 12 heteroatoms. The summed E-state index contributed by atoms with van der Waals surface area (Å²) in [6.07, 6.45) is 1.22. The van der Waals surface area contributed by atoms with Crippen LogP contribution in [-0.4, -0.2) is 41.0 Å². The fourth-order valence-electron chi connectivity index (χ4n) is 3.30. The molecule has 2 aromatic carbocycles. The highest BCUT2D eigenvalue weighted by molar-refractivity contribution is 8.40. The second-order valence-corrected chi connectivity index (χ2v) is 11.3. The summed E-state index contributed by atoms with van der Waals surface area (Å²) in [4.78, 5) is 16.0. The van der Waals surface area contributed by atoms with Gasteiger partial charge in [-0.15, -0.1) is 11.8 Å². The molecule has 0 spiro atoms. The van der Waals surface area contributed by atoms with E-state index in [1.807, 2.05) is 6.26 Å². The molecule has 0 radical (unpaired) electrons. The monoisotopic (exact) mass is 511 g/mol. The van der Waals surface area contributed by atoms with Crippen molar-refractivity contribution in [2.24, 2.45) is 4.99 Å². The smallest absolute Gasteiger partial charge is 0.266 e. The Morgan fingerprint density at radius 2 is 1.94 bits per heavy atom. The third-order valence-electron chi connectivity index (χ3n) is 4.87. The van der Waals surface area contributed by atoms with Crippen molar-refractivity contribution in [3.05, 3.63) is 64.2 Å². The number of benzene rings is 2. The van der Waals surface area contributed by atoms with Crippen LogP contribution >= 0.6 is 23.5 Å². The number of nitrogens with zero attached hydrogens (tertiary/aromatic N) is 3. The van der Waals surface area contributed by atoms with Gasteiger partial charge >= 0.3 is 6.18 Å². The summed E-state index contributed by atoms with van der Waals surface area (Å²) in [6.45, 7) is -0.192. The van der Waals surface area contributed by atoms with Crippen LogP contribution in [0.2, 0.25) is 0 Å². The van der Waals surface area contributed by atoms with E-state index in [1.54, 1.807) is 24.3 Å². The molecule has 0 bridgehead atoms. The summed E-state index contributed by atoms with van der Waals surface area (Å²) in [5.41, 5.74) is 0.227. The maximum absolute atomic E-state index is 13.6. The van der Waals surface area contributed by atoms with Crippen molar-refractivity contribution in [2.75, 3.05) is 12.5 Å². The Hall–Kier alpha value is -2.57. The fraction of sp³-hybridized carbons (Fsp3) is 0.190. The first-order valence-corrected chi connectivity index (χ1v) is 13.3. The second-order valence-electron chi connectivity index (χ2n) is 7.21. The number of thioether (sulfide) groups is 2. The van der Waals surface area contributed by atoms with Crippen LogP contribution in [0.15, 0.2) is 57.4 Å². The highest BCUT2D eigenvalue weighted by Gasteiger charge is 2.34. The Balaban J connectivity index is 1.67. The molecule has 3 aromatic rings. The molecule has 33 heavy (non-hydrogen) atoms. The number of aliphatic imine (C=N–C) groups is 1. The molecule has 4 rings (SSSR count). The van der Waals surface area contributed by atoms with E-state index in [4.69, 9.17) is 0 Å². The fourth-order valence-corrected chi connectivity index (χ4v) is 5.37. The molecule has 0 saturated heterocycles. The third-order valence-corrected chi connectivity index (χ3v) is 7.95. The van der Waals surface area contributed by atoms with Crippen molar-refractivity contribution < 1.29 is 26.4 Å². The summed E-state index contributed by atoms with van der Waals surface area (Å²) in [7, 11) is -3.79. The van der Waals surface area contributed by atoms with Crippen molar-refractivity contribution in [1.82, 2.24) is 9.78 Å². The Morgan fingerprint density at radius 3 is 2.58 bits per heavy atom. The standard InChI is InChI=1S/C21H16F3N3O3S3/c1-31-20-26-19(28)18(32-20)8-12-3-6-17-14(7-12)10-25-27(17)11-13-4-5-15(33(2,29)30)9-16(13)21(22,23)24/h3-10H,11H2,1-2H3. The molecule has 0 unspecified atom stereocenters. The summed E-state index contributed by atoms with van der Waals surface area (Å²) in [6, 6.07) is 8.23. The molecule has 6 nitrogen and oxygen atoms in total. The van der Waals surface area contributed by atoms with Crippen molar-refractivity contribution in [2.45, 2.75) is 17.6 Å². The van der Waals surface area contributed by atoms with E-state index in [-0.39, 0.29) is 18.0 Å². The molecule has 1 aromatic heterocycles. The lowest BCUT2D eigenvalue weighted by Crippen LogP contribution is -2.14. The number of rotatable bonds is 4. The number of hydrogen-bond donors (Lipinski definition) is 0. The number of alkyl halides is 3. The lowest BCUT2D eigenvalue weighted by Gasteiger charge is -2.15. The van der Waals surface area contributed by atoms with Gasteiger partial charge in [-0.05, 0) is 47.7 Å². The van der Waals surface area contributed by atoms with Gasteiger partial charge in [0.1, 0.15) is 4.38 Å². The molecule has 0 saturated carbocycles. The number of carbonyl (C=O) groups excluding carboxylic acids is 1. The first kappa shape index (κ1) is 23.6. The first-order valence-electron chi connectivity index (χ1n) is 9.38. The number of carbonyl (C=O) groups is 1. The number of hydrogen-bond acceptors (Lipinski definition) is 6. The molecular formula is C21H16F3N3O3S3. The van der Waals surface area contributed by atoms with Crippen LogP contribution in [0.1, 0.15) is 16.7 Å². The van der Waals surface area contributed by atoms with E-state index in [2.05, 4.69) is 10.1 Å². The van der Waals surface area contributed by atoms with Crippen LogP contribution in [-0.2, 0) is 27.4 Å². The predicted molar refractivity (Wildman–Crippen MR) is 125 cm³/mol. The summed E-state index contributed by atoms with van der Waals surface area (Å²) in [5.74, 6) is -0.308. The minimum absolute atomic E-state index is 0.0965. The zero-order valence-electron chi connectivity index (χ0n) is 17.3. The van der Waals surface area contributed by atoms with E-state index in [0.29, 0.717) is 26.3 Å². The molecule has 2 heterocycles. The molecule has 1 aliphatic rings. The second kappa shape index (κ2) is 8.65. The molecule has 0 atom stereocenters. The Morgan fingerprint density at radius 1 is 1.18 bits per heavy atom. The van der Waals surface area contributed by atoms with Crippen molar-refractivity contribution in [1.29, 1.82) is 0 Å². The van der Waals surface area contributed by atoms with Gasteiger partial charge in [0.15, 0.2) is 9.84 Å². The number of sulfone groups is 1. The van der Waals surface area contributed by atoms with Crippen LogP contribution < -0.4 is 0 Å². The largest absolute Gasteiger partial charge is 0.416 e. The predicted octanol–water partition coefficient (Wildman–Crippen LogP) is 4.84. The van der Waals surface area contributed by atoms with Crippen LogP contribution in [0.5, 0.6) is 0 Å². The summed E-state index contributed by atoms with van der Waals surface area (Å²) in [5, 5.41) is 4.90. The van der Waals surface area contributed by atoms with Gasteiger partial charge in [-0.25, -0.2) is 8.42 Å². The average molecular weight is 512 g/mol. The maximum Gasteiger partial charge on any atom is 0.416 e. The van der Waals surface area contributed by atoms with Gasteiger partial charge in [-0.3, -0.25) is 9.48 Å². The zero-order chi connectivity index (χ0) is 24.0. The number of fused-ring (bicyclic) bond motifs is 1. The number of amides is 1. The van der Waals surface area contributed by atoms with Crippen LogP contribution in [0, 0.1) is 0 Å². The van der Waals surface area contributed by atoms with Gasteiger partial charge < -0.3 is 0 Å². The third kappa shape index (κ3) is 5.02. The van der Waals surface area contributed by atoms with E-state index >= 15 is 0 Å². The highest BCUT2D eigenvalue weighted by Crippen LogP contribution is 2.35. The molecule has 0 N–H and O–H groups in total. The van der Waals surface area contributed by atoms with E-state index in [1.165, 1.54) is 34.4 Å². The quantitative estimate of drug-likeness (QED) is 0.467. The number of aromatic nitrogens is 2. The Bertz CT molecular complexity index is 1440. The molecule has 1 aliphatic heterocycles. The topological polar surface area (TPSA) is 81.4 Å². The zero-order valence-corrected chi connectivity index (χ0v) is 19.7. The van der Waals surface area contributed by atoms with Crippen molar-refractivity contribution in [3.8, 4) is 0 Å². The SMILES string of the molecule is CSC1=NC(=O)C(=Cc2ccc3c(cnn3Cc3ccc(S(C)(=O)=O)cc3C(F)(F)F)c2)S1. The minimum atomic E-state index is -4.72. The van der Waals surface area contributed by atoms with Crippen LogP contribution in [0.3, 0.4) is 0 Å². The molecule has 172 valence electrons. The van der Waals surface area contributed by atoms with Gasteiger partial charge in [-0.1, -0.05) is 23.9 Å². The number of halogens is 3. The van der Waals surface area contributed by atoms with Gasteiger partial charge in [0.25, 0.3) is 5.91 Å². The maximum atomic E-state index is 13.6. The lowest BCUT2D eigenvalue weighted by molar-refractivity contribution is -0.138. The van der Waals surface area contributed by atoms with E-state index in [9.17, 15) is 26.4 Å². The van der Waals surface area contributed by atoms with E-state index < -0.39 is 26.5 Å². The molecular weight excluding hydrogens is 495 g/mol. The molecule has 1 amide bonds. The van der Waals surface area contributed by atoms with Gasteiger partial charge in [0.2, 0.25) is 0 Å². The van der Waals surface area contributed by atoms with E-state index in [0.717, 1.165) is 24.0 Å². The van der Waals surface area contributed by atoms with Gasteiger partial charge in [0.05, 0.1) is 33.6 Å². The molecule has 0 aliphatic carbocycles. The lowest BCUT2D eigenvalue weighted by atomic mass is 10.1. The van der Waals surface area contributed by atoms with Crippen molar-refractivity contribution in [3.63, 3.8) is 0 Å². The highest BCUT2D eigenvalue weighted by atomic mass is 32.2. The van der Waals surface area contributed by atoms with Gasteiger partial charge in [0, 0.05) is 11.6 Å². The Kier molecular flexibility index (Phi) is 6.18. The average Bonchev–Trinajstić information content (AvgIpc) is 3.29. The molecule has 0 fully saturated rings. The van der Waals surface area contributed by atoms with Crippen LogP contribution in [0.4, 0.5) is 13.2 Å². The van der Waals surface area contributed by atoms with Crippen molar-refractivity contribution >= 4 is 60.6 Å². The van der Waals surface area contributed by atoms with Gasteiger partial charge in [-0.2, -0.15) is 23.3 Å². The minimum Gasteiger partial charge on any atom is -0.266 e. The normalized spacial score (nSPS) is 16.1. The summed E-state index contributed by atoms with van der Waals surface area (Å²) >= 11 is 2.67. The summed E-state index contributed by atoms with van der Waals surface area (Å²) < 4.78 is 66.4. The Labute approximate surface area is 195 Å².